The summed E-state index contributed by atoms with van der Waals surface area (Å²) >= 11 is 11.8. The fourth-order valence-electron chi connectivity index (χ4n) is 1.17. The van der Waals surface area contributed by atoms with Crippen LogP contribution < -0.4 is 4.72 Å². The van der Waals surface area contributed by atoms with Gasteiger partial charge in [-0.3, -0.25) is 0 Å². The minimum atomic E-state index is -3.45. The number of nitrogens with one attached hydrogen (secondary N) is 1. The van der Waals surface area contributed by atoms with E-state index in [0.717, 1.165) is 23.5 Å². The molecule has 0 amide bonds. The Balaban J connectivity index is 2.88. The minimum absolute atomic E-state index is 0.0466. The Kier molecular flexibility index (Phi) is 6.29. The Labute approximate surface area is 124 Å². The summed E-state index contributed by atoms with van der Waals surface area (Å²) in [6.07, 6.45) is 2.72. The van der Waals surface area contributed by atoms with Crippen LogP contribution in [0.15, 0.2) is 14.1 Å². The molecule has 0 aliphatic heterocycles. The zero-order chi connectivity index (χ0) is 13.1. The zero-order valence-corrected chi connectivity index (χ0v) is 14.2. The van der Waals surface area contributed by atoms with Crippen LogP contribution in [0.4, 0.5) is 0 Å². The van der Waals surface area contributed by atoms with E-state index in [2.05, 4.69) is 20.7 Å². The lowest BCUT2D eigenvalue weighted by atomic mass is 10.3. The Morgan fingerprint density at radius 1 is 1.65 bits per heavy atom. The van der Waals surface area contributed by atoms with Crippen LogP contribution in [0.25, 0.3) is 0 Å². The van der Waals surface area contributed by atoms with Crippen LogP contribution in [0, 0.1) is 0 Å². The largest absolute Gasteiger partial charge is 0.250 e. The van der Waals surface area contributed by atoms with Crippen molar-refractivity contribution in [2.45, 2.75) is 23.6 Å². The Bertz CT molecular complexity index is 455. The summed E-state index contributed by atoms with van der Waals surface area (Å²) in [6, 6.07) is 1.42. The maximum absolute atomic E-state index is 12.1. The highest BCUT2D eigenvalue weighted by Gasteiger charge is 2.22. The summed E-state index contributed by atoms with van der Waals surface area (Å²) < 4.78 is 27.7. The average molecular weight is 379 g/mol. The molecule has 0 spiro atoms. The smallest absolute Gasteiger partial charge is 0.207 e. The van der Waals surface area contributed by atoms with Gasteiger partial charge in [-0.15, -0.1) is 11.3 Å². The first-order chi connectivity index (χ1) is 7.90. The number of thioether (sulfide) groups is 1. The summed E-state index contributed by atoms with van der Waals surface area (Å²) in [4.78, 5) is 0. The molecule has 0 aromatic carbocycles. The summed E-state index contributed by atoms with van der Waals surface area (Å²) in [5, 5.41) is 0.424. The lowest BCUT2D eigenvalue weighted by Crippen LogP contribution is -2.35. The third-order valence-corrected chi connectivity index (χ3v) is 7.27. The fraction of sp³-hybridized carbons (Fsp3) is 0.556. The van der Waals surface area contributed by atoms with Crippen molar-refractivity contribution < 1.29 is 8.42 Å². The van der Waals surface area contributed by atoms with Crippen molar-refractivity contribution in [3.8, 4) is 0 Å². The molecule has 0 bridgehead atoms. The van der Waals surface area contributed by atoms with Crippen LogP contribution in [0.3, 0.4) is 0 Å². The maximum Gasteiger partial charge on any atom is 0.250 e. The average Bonchev–Trinajstić information content (AvgIpc) is 2.59. The number of hydrogen-bond donors (Lipinski definition) is 1. The summed E-state index contributed by atoms with van der Waals surface area (Å²) in [6.45, 7) is 1.96. The van der Waals surface area contributed by atoms with Gasteiger partial charge in [0.2, 0.25) is 10.0 Å². The van der Waals surface area contributed by atoms with E-state index >= 15 is 0 Å². The molecular weight excluding hydrogens is 366 g/mol. The Hall–Kier alpha value is 0.730. The monoisotopic (exact) mass is 377 g/mol. The first-order valence-electron chi connectivity index (χ1n) is 4.86. The molecule has 1 unspecified atom stereocenters. The maximum atomic E-state index is 12.1. The van der Waals surface area contributed by atoms with E-state index in [0.29, 0.717) is 8.81 Å². The van der Waals surface area contributed by atoms with Crippen LogP contribution in [0.1, 0.15) is 13.3 Å². The highest BCUT2D eigenvalue weighted by Crippen LogP contribution is 2.34. The first kappa shape index (κ1) is 15.8. The molecule has 98 valence electrons. The van der Waals surface area contributed by atoms with Crippen LogP contribution >= 0.6 is 50.6 Å². The molecule has 3 nitrogen and oxygen atoms in total. The predicted octanol–water partition coefficient (Wildman–Crippen LogP) is 3.58. The molecule has 0 fully saturated rings. The summed E-state index contributed by atoms with van der Waals surface area (Å²) in [5.41, 5.74) is 0. The molecule has 0 aliphatic rings. The van der Waals surface area contributed by atoms with Gasteiger partial charge in [0.15, 0.2) is 0 Å². The van der Waals surface area contributed by atoms with E-state index in [9.17, 15) is 8.42 Å². The molecule has 1 rings (SSSR count). The van der Waals surface area contributed by atoms with E-state index in [1.54, 1.807) is 11.8 Å². The number of rotatable bonds is 6. The lowest BCUT2D eigenvalue weighted by molar-refractivity contribution is 0.560. The normalized spacial score (nSPS) is 13.9. The van der Waals surface area contributed by atoms with Gasteiger partial charge in [-0.05, 0) is 34.7 Å². The molecule has 17 heavy (non-hydrogen) atoms. The molecule has 0 radical (unpaired) electrons. The summed E-state index contributed by atoms with van der Waals surface area (Å²) in [7, 11) is -3.45. The summed E-state index contributed by atoms with van der Waals surface area (Å²) in [5.74, 6) is 0.760. The molecule has 1 atom stereocenters. The van der Waals surface area contributed by atoms with Crippen molar-refractivity contribution in [2.24, 2.45) is 0 Å². The predicted molar refractivity (Wildman–Crippen MR) is 79.8 cm³/mol. The van der Waals surface area contributed by atoms with E-state index in [1.165, 1.54) is 6.07 Å². The second-order valence-corrected chi connectivity index (χ2v) is 9.00. The quantitative estimate of drug-likeness (QED) is 0.823. The van der Waals surface area contributed by atoms with E-state index in [-0.39, 0.29) is 10.3 Å². The van der Waals surface area contributed by atoms with Crippen LogP contribution in [-0.2, 0) is 10.0 Å². The second kappa shape index (κ2) is 6.77. The topological polar surface area (TPSA) is 46.2 Å². The molecular formula is C9H13BrClNO2S3. The van der Waals surface area contributed by atoms with Crippen molar-refractivity contribution in [3.63, 3.8) is 0 Å². The van der Waals surface area contributed by atoms with Gasteiger partial charge in [0, 0.05) is 11.8 Å². The molecule has 8 heteroatoms. The van der Waals surface area contributed by atoms with Crippen molar-refractivity contribution in [1.29, 1.82) is 0 Å². The van der Waals surface area contributed by atoms with Gasteiger partial charge in [-0.25, -0.2) is 13.1 Å². The second-order valence-electron chi connectivity index (χ2n) is 3.37. The van der Waals surface area contributed by atoms with Crippen molar-refractivity contribution in [1.82, 2.24) is 4.72 Å². The zero-order valence-electron chi connectivity index (χ0n) is 9.37. The molecule has 1 heterocycles. The van der Waals surface area contributed by atoms with Crippen LogP contribution in [0.2, 0.25) is 5.02 Å². The van der Waals surface area contributed by atoms with Gasteiger partial charge in [-0.1, -0.05) is 18.5 Å². The Morgan fingerprint density at radius 2 is 2.29 bits per heavy atom. The van der Waals surface area contributed by atoms with Crippen LogP contribution in [-0.4, -0.2) is 26.5 Å². The fourth-order valence-corrected chi connectivity index (χ4v) is 5.73. The number of hydrogen-bond acceptors (Lipinski definition) is 4. The van der Waals surface area contributed by atoms with Crippen molar-refractivity contribution in [3.05, 3.63) is 14.9 Å². The van der Waals surface area contributed by atoms with Crippen molar-refractivity contribution >= 4 is 60.7 Å². The molecule has 0 saturated carbocycles. The number of thiophene rings is 1. The minimum Gasteiger partial charge on any atom is -0.207 e. The molecule has 1 aromatic rings. The molecule has 0 saturated heterocycles. The standard InChI is InChI=1S/C9H13BrClNO2S3/c1-3-6(5-15-2)12-17(13,14)8-4-7(11)9(10)16-8/h4,6,12H,3,5H2,1-2H3. The van der Waals surface area contributed by atoms with Gasteiger partial charge in [0.25, 0.3) is 0 Å². The van der Waals surface area contributed by atoms with Gasteiger partial charge < -0.3 is 0 Å². The van der Waals surface area contributed by atoms with E-state index < -0.39 is 10.0 Å². The third-order valence-electron chi connectivity index (χ3n) is 2.07. The molecule has 0 aliphatic carbocycles. The van der Waals surface area contributed by atoms with Gasteiger partial charge in [-0.2, -0.15) is 11.8 Å². The van der Waals surface area contributed by atoms with Gasteiger partial charge >= 0.3 is 0 Å². The SMILES string of the molecule is CCC(CSC)NS(=O)(=O)c1cc(Cl)c(Br)s1. The van der Waals surface area contributed by atoms with E-state index in [1.807, 2.05) is 13.2 Å². The highest BCUT2D eigenvalue weighted by molar-refractivity contribution is 9.11. The third kappa shape index (κ3) is 4.40. The van der Waals surface area contributed by atoms with Crippen LogP contribution in [0.5, 0.6) is 0 Å². The van der Waals surface area contributed by atoms with Gasteiger partial charge in [0.1, 0.15) is 4.21 Å². The highest BCUT2D eigenvalue weighted by atomic mass is 79.9. The Morgan fingerprint density at radius 3 is 2.71 bits per heavy atom. The molecule has 1 N–H and O–H groups in total. The lowest BCUT2D eigenvalue weighted by Gasteiger charge is -2.14. The van der Waals surface area contributed by atoms with Gasteiger partial charge in [0.05, 0.1) is 8.81 Å². The number of halogens is 2. The number of sulfonamides is 1. The first-order valence-corrected chi connectivity index (χ1v) is 9.73. The van der Waals surface area contributed by atoms with E-state index in [4.69, 9.17) is 11.6 Å². The van der Waals surface area contributed by atoms with Crippen molar-refractivity contribution in [2.75, 3.05) is 12.0 Å². The molecule has 1 aromatic heterocycles.